The van der Waals surface area contributed by atoms with Gasteiger partial charge < -0.3 is 14.2 Å². The summed E-state index contributed by atoms with van der Waals surface area (Å²) in [6.07, 6.45) is 90.5. The summed E-state index contributed by atoms with van der Waals surface area (Å²) in [6, 6.07) is 0. The summed E-state index contributed by atoms with van der Waals surface area (Å²) in [7, 11) is 0. The molecule has 0 saturated heterocycles. The van der Waals surface area contributed by atoms with Crippen molar-refractivity contribution >= 4 is 17.9 Å². The highest BCUT2D eigenvalue weighted by Crippen LogP contribution is 2.19. The average Bonchev–Trinajstić information content (AvgIpc) is 3.48. The molecule has 0 aliphatic rings. The van der Waals surface area contributed by atoms with Gasteiger partial charge >= 0.3 is 17.9 Å². The van der Waals surface area contributed by atoms with Crippen LogP contribution in [0.1, 0.15) is 419 Å². The monoisotopic (exact) mass is 1170 g/mol. The third-order valence-electron chi connectivity index (χ3n) is 17.1. The van der Waals surface area contributed by atoms with E-state index in [2.05, 4.69) is 57.2 Å². The minimum absolute atomic E-state index is 0.0653. The van der Waals surface area contributed by atoms with Crippen molar-refractivity contribution < 1.29 is 28.6 Å². The third-order valence-corrected chi connectivity index (χ3v) is 17.1. The van der Waals surface area contributed by atoms with Gasteiger partial charge in [0.15, 0.2) is 6.10 Å². The molecule has 83 heavy (non-hydrogen) atoms. The lowest BCUT2D eigenvalue weighted by molar-refractivity contribution is -0.167. The lowest BCUT2D eigenvalue weighted by atomic mass is 10.0. The van der Waals surface area contributed by atoms with E-state index in [1.165, 1.54) is 308 Å². The second-order valence-electron chi connectivity index (χ2n) is 25.6. The fourth-order valence-electron chi connectivity index (χ4n) is 11.5. The maximum absolute atomic E-state index is 13.0. The number of esters is 3. The van der Waals surface area contributed by atoms with E-state index >= 15 is 0 Å². The summed E-state index contributed by atoms with van der Waals surface area (Å²) in [4.78, 5) is 38.4. The largest absolute Gasteiger partial charge is 0.462 e. The van der Waals surface area contributed by atoms with E-state index in [4.69, 9.17) is 14.2 Å². The van der Waals surface area contributed by atoms with E-state index in [1.54, 1.807) is 0 Å². The molecule has 1 unspecified atom stereocenters. The summed E-state index contributed by atoms with van der Waals surface area (Å²) >= 11 is 0. The van der Waals surface area contributed by atoms with Gasteiger partial charge in [0, 0.05) is 19.3 Å². The standard InChI is InChI=1S/C77H144O6/c1-4-7-10-13-16-19-22-24-26-28-30-32-34-36-37-38-39-41-42-44-46-48-50-52-55-58-61-64-67-70-76(79)82-73-74(72-81-75(78)69-66-63-60-57-54-21-18-15-12-9-6-3)83-77(80)71-68-65-62-59-56-53-51-49-47-45-43-40-35-33-31-29-27-25-23-20-17-14-11-8-5-2/h22,24,28,30,34,36,74H,4-21,23,25-27,29,31-33,35,37-73H2,1-3H3/b24-22-,30-28-,36-34-. The summed E-state index contributed by atoms with van der Waals surface area (Å²) in [5, 5.41) is 0. The van der Waals surface area contributed by atoms with E-state index in [9.17, 15) is 14.4 Å². The van der Waals surface area contributed by atoms with Crippen LogP contribution in [0, 0.1) is 0 Å². The van der Waals surface area contributed by atoms with Crippen LogP contribution in [0.25, 0.3) is 0 Å². The zero-order valence-electron chi connectivity index (χ0n) is 56.2. The Kier molecular flexibility index (Phi) is 70.0. The zero-order chi connectivity index (χ0) is 59.9. The molecule has 0 aromatic carbocycles. The van der Waals surface area contributed by atoms with Crippen LogP contribution in [-0.4, -0.2) is 37.2 Å². The molecule has 0 amide bonds. The van der Waals surface area contributed by atoms with Crippen LogP contribution in [0.3, 0.4) is 0 Å². The molecule has 0 aliphatic carbocycles. The summed E-state index contributed by atoms with van der Waals surface area (Å²) < 4.78 is 17.0. The van der Waals surface area contributed by atoms with Gasteiger partial charge in [-0.1, -0.05) is 378 Å². The van der Waals surface area contributed by atoms with E-state index in [0.717, 1.165) is 70.6 Å². The Hall–Kier alpha value is -2.37. The van der Waals surface area contributed by atoms with Crippen LogP contribution in [0.5, 0.6) is 0 Å². The van der Waals surface area contributed by atoms with Crippen molar-refractivity contribution in [1.29, 1.82) is 0 Å². The van der Waals surface area contributed by atoms with Crippen LogP contribution in [-0.2, 0) is 28.6 Å². The number of rotatable bonds is 70. The first-order valence-electron chi connectivity index (χ1n) is 37.5. The van der Waals surface area contributed by atoms with E-state index in [1.807, 2.05) is 0 Å². The molecule has 0 spiro atoms. The Morgan fingerprint density at radius 3 is 0.675 bits per heavy atom. The van der Waals surface area contributed by atoms with Gasteiger partial charge in [0.25, 0.3) is 0 Å². The first-order chi connectivity index (χ1) is 41.0. The highest BCUT2D eigenvalue weighted by molar-refractivity contribution is 5.71. The zero-order valence-corrected chi connectivity index (χ0v) is 56.2. The van der Waals surface area contributed by atoms with Crippen LogP contribution in [0.4, 0.5) is 0 Å². The van der Waals surface area contributed by atoms with Gasteiger partial charge in [-0.15, -0.1) is 0 Å². The molecule has 0 N–H and O–H groups in total. The number of ether oxygens (including phenoxy) is 3. The molecule has 0 aliphatic heterocycles. The van der Waals surface area contributed by atoms with Crippen molar-refractivity contribution in [3.05, 3.63) is 36.5 Å². The van der Waals surface area contributed by atoms with Gasteiger partial charge in [-0.3, -0.25) is 14.4 Å². The number of carbonyl (C=O) groups is 3. The van der Waals surface area contributed by atoms with Crippen molar-refractivity contribution in [3.63, 3.8) is 0 Å². The van der Waals surface area contributed by atoms with Gasteiger partial charge in [0.05, 0.1) is 0 Å². The number of hydrogen-bond acceptors (Lipinski definition) is 6. The molecule has 1 atom stereocenters. The molecule has 0 aromatic heterocycles. The van der Waals surface area contributed by atoms with Crippen molar-refractivity contribution in [2.45, 2.75) is 425 Å². The lowest BCUT2D eigenvalue weighted by Gasteiger charge is -2.18. The van der Waals surface area contributed by atoms with Crippen molar-refractivity contribution in [3.8, 4) is 0 Å². The molecule has 0 fully saturated rings. The molecule has 0 heterocycles. The van der Waals surface area contributed by atoms with Gasteiger partial charge in [0.2, 0.25) is 0 Å². The van der Waals surface area contributed by atoms with Crippen molar-refractivity contribution in [2.75, 3.05) is 13.2 Å². The Balaban J connectivity index is 4.14. The Labute approximate surface area is 518 Å². The summed E-state index contributed by atoms with van der Waals surface area (Å²) in [5.74, 6) is -0.834. The molecule has 0 saturated carbocycles. The van der Waals surface area contributed by atoms with E-state index < -0.39 is 6.10 Å². The first kappa shape index (κ1) is 80.6. The smallest absolute Gasteiger partial charge is 0.306 e. The molecule has 0 aromatic rings. The predicted octanol–water partition coefficient (Wildman–Crippen LogP) is 25.9. The van der Waals surface area contributed by atoms with E-state index in [-0.39, 0.29) is 31.1 Å². The third kappa shape index (κ3) is 70.3. The quantitative estimate of drug-likeness (QED) is 0.0261. The van der Waals surface area contributed by atoms with Crippen LogP contribution in [0.2, 0.25) is 0 Å². The maximum Gasteiger partial charge on any atom is 0.306 e. The molecular formula is C77H144O6. The first-order valence-corrected chi connectivity index (χ1v) is 37.5. The maximum atomic E-state index is 13.0. The highest BCUT2D eigenvalue weighted by Gasteiger charge is 2.20. The van der Waals surface area contributed by atoms with Crippen LogP contribution < -0.4 is 0 Å². The number of allylic oxidation sites excluding steroid dienone is 6. The Morgan fingerprint density at radius 1 is 0.241 bits per heavy atom. The highest BCUT2D eigenvalue weighted by atomic mass is 16.6. The van der Waals surface area contributed by atoms with Crippen molar-refractivity contribution in [2.24, 2.45) is 0 Å². The predicted molar refractivity (Wildman–Crippen MR) is 362 cm³/mol. The van der Waals surface area contributed by atoms with Gasteiger partial charge in [-0.2, -0.15) is 0 Å². The SMILES string of the molecule is CCCCCCC/C=C\C/C=C\C/C=C\CCCCCCCCCCCCCCCCC(=O)OCC(COC(=O)CCCCCCCCCCCCC)OC(=O)CCCCCCCCCCCCCCCCCCCCCCCCCCC. The minimum atomic E-state index is -0.769. The Bertz CT molecular complexity index is 1380. The molecule has 488 valence electrons. The molecule has 6 nitrogen and oxygen atoms in total. The molecular weight excluding hydrogens is 1020 g/mol. The van der Waals surface area contributed by atoms with Crippen LogP contribution in [0.15, 0.2) is 36.5 Å². The molecule has 0 radical (unpaired) electrons. The number of hydrogen-bond donors (Lipinski definition) is 0. The fraction of sp³-hybridized carbons (Fsp3) is 0.883. The summed E-state index contributed by atoms with van der Waals surface area (Å²) in [5.41, 5.74) is 0. The number of carbonyl (C=O) groups excluding carboxylic acids is 3. The van der Waals surface area contributed by atoms with Crippen LogP contribution >= 0.6 is 0 Å². The van der Waals surface area contributed by atoms with Gasteiger partial charge in [-0.25, -0.2) is 0 Å². The van der Waals surface area contributed by atoms with E-state index in [0.29, 0.717) is 19.3 Å². The fourth-order valence-corrected chi connectivity index (χ4v) is 11.5. The topological polar surface area (TPSA) is 78.9 Å². The summed E-state index contributed by atoms with van der Waals surface area (Å²) in [6.45, 7) is 6.70. The minimum Gasteiger partial charge on any atom is -0.462 e. The lowest BCUT2D eigenvalue weighted by Crippen LogP contribution is -2.30. The average molecular weight is 1170 g/mol. The number of unbranched alkanes of at least 4 members (excludes halogenated alkanes) is 53. The van der Waals surface area contributed by atoms with Gasteiger partial charge in [-0.05, 0) is 57.8 Å². The second-order valence-corrected chi connectivity index (χ2v) is 25.6. The molecule has 0 bridgehead atoms. The normalized spacial score (nSPS) is 12.2. The molecule has 6 heteroatoms. The molecule has 0 rings (SSSR count). The van der Waals surface area contributed by atoms with Gasteiger partial charge in [0.1, 0.15) is 13.2 Å². The Morgan fingerprint density at radius 2 is 0.434 bits per heavy atom. The van der Waals surface area contributed by atoms with Crippen molar-refractivity contribution in [1.82, 2.24) is 0 Å². The second kappa shape index (κ2) is 72.1.